The standard InChI is InChI=1S/C12H17NO4/c1-10(9-13-4-7-15-8-5-13)17-12(14)11-3-2-6-16-11/h2-3,6,10H,4-5,7-9H2,1H3/t10-/m0/s1. The third-order valence-electron chi connectivity index (χ3n) is 2.65. The van der Waals surface area contributed by atoms with Crippen LogP contribution in [0.25, 0.3) is 0 Å². The Morgan fingerprint density at radius 1 is 1.53 bits per heavy atom. The molecule has 0 aliphatic carbocycles. The number of morpholine rings is 1. The first-order valence-electron chi connectivity index (χ1n) is 5.80. The zero-order valence-electron chi connectivity index (χ0n) is 9.93. The predicted octanol–water partition coefficient (Wildman–Crippen LogP) is 1.16. The number of carbonyl (C=O) groups excluding carboxylic acids is 1. The van der Waals surface area contributed by atoms with Gasteiger partial charge in [-0.15, -0.1) is 0 Å². The maximum Gasteiger partial charge on any atom is 0.374 e. The summed E-state index contributed by atoms with van der Waals surface area (Å²) in [6.45, 7) is 5.90. The summed E-state index contributed by atoms with van der Waals surface area (Å²) < 4.78 is 15.5. The number of nitrogens with zero attached hydrogens (tertiary/aromatic N) is 1. The molecular formula is C12H17NO4. The van der Waals surface area contributed by atoms with Crippen LogP contribution in [0.2, 0.25) is 0 Å². The lowest BCUT2D eigenvalue weighted by Crippen LogP contribution is -2.41. The van der Waals surface area contributed by atoms with E-state index >= 15 is 0 Å². The summed E-state index contributed by atoms with van der Waals surface area (Å²) in [5.74, 6) is -0.158. The van der Waals surface area contributed by atoms with Gasteiger partial charge in [-0.1, -0.05) is 0 Å². The van der Waals surface area contributed by atoms with Gasteiger partial charge in [-0.3, -0.25) is 4.90 Å². The highest BCUT2D eigenvalue weighted by molar-refractivity contribution is 5.86. The Hall–Kier alpha value is -1.33. The van der Waals surface area contributed by atoms with Crippen molar-refractivity contribution < 1.29 is 18.7 Å². The molecule has 0 unspecified atom stereocenters. The van der Waals surface area contributed by atoms with E-state index in [9.17, 15) is 4.79 Å². The van der Waals surface area contributed by atoms with E-state index in [0.717, 1.165) is 32.8 Å². The number of furan rings is 1. The molecule has 94 valence electrons. The molecule has 1 fully saturated rings. The van der Waals surface area contributed by atoms with Crippen molar-refractivity contribution in [3.8, 4) is 0 Å². The SMILES string of the molecule is C[C@@H](CN1CCOCC1)OC(=O)c1ccco1. The minimum atomic E-state index is -0.407. The average Bonchev–Trinajstić information content (AvgIpc) is 2.83. The van der Waals surface area contributed by atoms with Gasteiger partial charge in [-0.25, -0.2) is 4.79 Å². The Labute approximate surface area is 100 Å². The van der Waals surface area contributed by atoms with Crippen LogP contribution in [0.5, 0.6) is 0 Å². The number of esters is 1. The molecule has 0 bridgehead atoms. The van der Waals surface area contributed by atoms with E-state index in [4.69, 9.17) is 13.9 Å². The fourth-order valence-corrected chi connectivity index (χ4v) is 1.82. The monoisotopic (exact) mass is 239 g/mol. The van der Waals surface area contributed by atoms with Gasteiger partial charge < -0.3 is 13.9 Å². The van der Waals surface area contributed by atoms with E-state index in [2.05, 4.69) is 4.90 Å². The van der Waals surface area contributed by atoms with Gasteiger partial charge in [0.15, 0.2) is 0 Å². The summed E-state index contributed by atoms with van der Waals surface area (Å²) in [7, 11) is 0. The Morgan fingerprint density at radius 2 is 2.29 bits per heavy atom. The van der Waals surface area contributed by atoms with E-state index < -0.39 is 5.97 Å². The van der Waals surface area contributed by atoms with Gasteiger partial charge in [-0.05, 0) is 19.1 Å². The minimum absolute atomic E-state index is 0.148. The Balaban J connectivity index is 1.76. The molecule has 5 heteroatoms. The summed E-state index contributed by atoms with van der Waals surface area (Å²) in [4.78, 5) is 13.8. The quantitative estimate of drug-likeness (QED) is 0.738. The van der Waals surface area contributed by atoms with Crippen molar-refractivity contribution in [2.24, 2.45) is 0 Å². The number of ether oxygens (including phenoxy) is 2. The average molecular weight is 239 g/mol. The van der Waals surface area contributed by atoms with E-state index in [1.807, 2.05) is 6.92 Å². The van der Waals surface area contributed by atoms with Crippen LogP contribution < -0.4 is 0 Å². The summed E-state index contributed by atoms with van der Waals surface area (Å²) in [6.07, 6.45) is 1.31. The molecule has 1 aliphatic heterocycles. The van der Waals surface area contributed by atoms with E-state index in [0.29, 0.717) is 0 Å². The Morgan fingerprint density at radius 3 is 2.94 bits per heavy atom. The maximum absolute atomic E-state index is 11.6. The van der Waals surface area contributed by atoms with Crippen molar-refractivity contribution in [1.82, 2.24) is 4.90 Å². The fourth-order valence-electron chi connectivity index (χ4n) is 1.82. The molecule has 17 heavy (non-hydrogen) atoms. The van der Waals surface area contributed by atoms with Gasteiger partial charge in [0, 0.05) is 19.6 Å². The molecule has 0 aromatic carbocycles. The van der Waals surface area contributed by atoms with Crippen molar-refractivity contribution in [3.63, 3.8) is 0 Å². The molecule has 0 radical (unpaired) electrons. The van der Waals surface area contributed by atoms with E-state index in [-0.39, 0.29) is 11.9 Å². The van der Waals surface area contributed by atoms with Crippen LogP contribution >= 0.6 is 0 Å². The predicted molar refractivity (Wildman–Crippen MR) is 60.8 cm³/mol. The molecule has 0 spiro atoms. The van der Waals surface area contributed by atoms with Crippen molar-refractivity contribution in [1.29, 1.82) is 0 Å². The molecule has 2 rings (SSSR count). The van der Waals surface area contributed by atoms with Gasteiger partial charge >= 0.3 is 5.97 Å². The van der Waals surface area contributed by atoms with Gasteiger partial charge in [0.2, 0.25) is 5.76 Å². The lowest BCUT2D eigenvalue weighted by atomic mass is 10.3. The van der Waals surface area contributed by atoms with Crippen LogP contribution in [0.4, 0.5) is 0 Å². The lowest BCUT2D eigenvalue weighted by molar-refractivity contribution is -0.00124. The van der Waals surface area contributed by atoms with Gasteiger partial charge in [0.1, 0.15) is 6.10 Å². The van der Waals surface area contributed by atoms with Crippen LogP contribution in [0, 0.1) is 0 Å². The topological polar surface area (TPSA) is 51.9 Å². The van der Waals surface area contributed by atoms with Gasteiger partial charge in [0.05, 0.1) is 19.5 Å². The minimum Gasteiger partial charge on any atom is -0.457 e. The largest absolute Gasteiger partial charge is 0.457 e. The first kappa shape index (κ1) is 12.1. The molecule has 0 N–H and O–H groups in total. The summed E-state index contributed by atoms with van der Waals surface area (Å²) >= 11 is 0. The second-order valence-corrected chi connectivity index (χ2v) is 4.11. The molecule has 1 aliphatic rings. The van der Waals surface area contributed by atoms with Crippen LogP contribution in [0.15, 0.2) is 22.8 Å². The summed E-state index contributed by atoms with van der Waals surface area (Å²) in [6, 6.07) is 3.27. The van der Waals surface area contributed by atoms with Crippen LogP contribution in [0.1, 0.15) is 17.5 Å². The molecule has 1 aromatic rings. The van der Waals surface area contributed by atoms with Crippen molar-refractivity contribution in [2.45, 2.75) is 13.0 Å². The highest BCUT2D eigenvalue weighted by Crippen LogP contribution is 2.06. The third-order valence-corrected chi connectivity index (χ3v) is 2.65. The normalized spacial score (nSPS) is 18.9. The molecule has 0 amide bonds. The van der Waals surface area contributed by atoms with Crippen molar-refractivity contribution >= 4 is 5.97 Å². The van der Waals surface area contributed by atoms with Crippen molar-refractivity contribution in [2.75, 3.05) is 32.8 Å². The third kappa shape index (κ3) is 3.57. The first-order valence-corrected chi connectivity index (χ1v) is 5.80. The molecule has 1 saturated heterocycles. The number of hydrogen-bond acceptors (Lipinski definition) is 5. The zero-order valence-corrected chi connectivity index (χ0v) is 9.93. The number of carbonyl (C=O) groups is 1. The van der Waals surface area contributed by atoms with Gasteiger partial charge in [-0.2, -0.15) is 0 Å². The molecule has 5 nitrogen and oxygen atoms in total. The smallest absolute Gasteiger partial charge is 0.374 e. The molecular weight excluding hydrogens is 222 g/mol. The highest BCUT2D eigenvalue weighted by atomic mass is 16.6. The fraction of sp³-hybridized carbons (Fsp3) is 0.583. The number of rotatable bonds is 4. The zero-order chi connectivity index (χ0) is 12.1. The Kier molecular flexibility index (Phi) is 4.17. The van der Waals surface area contributed by atoms with Crippen LogP contribution in [0.3, 0.4) is 0 Å². The van der Waals surface area contributed by atoms with E-state index in [1.165, 1.54) is 6.26 Å². The van der Waals surface area contributed by atoms with E-state index in [1.54, 1.807) is 12.1 Å². The second-order valence-electron chi connectivity index (χ2n) is 4.11. The van der Waals surface area contributed by atoms with Gasteiger partial charge in [0.25, 0.3) is 0 Å². The number of hydrogen-bond donors (Lipinski definition) is 0. The lowest BCUT2D eigenvalue weighted by Gasteiger charge is -2.28. The summed E-state index contributed by atoms with van der Waals surface area (Å²) in [5, 5.41) is 0. The molecule has 1 aromatic heterocycles. The van der Waals surface area contributed by atoms with Crippen LogP contribution in [-0.4, -0.2) is 49.8 Å². The molecule has 1 atom stereocenters. The Bertz CT molecular complexity index is 343. The molecule has 0 saturated carbocycles. The van der Waals surface area contributed by atoms with Crippen molar-refractivity contribution in [3.05, 3.63) is 24.2 Å². The van der Waals surface area contributed by atoms with Crippen LogP contribution in [-0.2, 0) is 9.47 Å². The maximum atomic E-state index is 11.6. The molecule has 2 heterocycles. The summed E-state index contributed by atoms with van der Waals surface area (Å²) in [5.41, 5.74) is 0. The first-order chi connectivity index (χ1) is 8.25. The second kappa shape index (κ2) is 5.84. The highest BCUT2D eigenvalue weighted by Gasteiger charge is 2.18.